The predicted molar refractivity (Wildman–Crippen MR) is 110 cm³/mol. The van der Waals surface area contributed by atoms with Gasteiger partial charge >= 0.3 is 0 Å². The van der Waals surface area contributed by atoms with E-state index in [2.05, 4.69) is 17.5 Å². The highest BCUT2D eigenvalue weighted by Crippen LogP contribution is 2.31. The van der Waals surface area contributed by atoms with Crippen LogP contribution in [-0.2, 0) is 17.6 Å². The van der Waals surface area contributed by atoms with Crippen LogP contribution < -0.4 is 5.32 Å². The van der Waals surface area contributed by atoms with Crippen LogP contribution in [0.4, 0.5) is 5.69 Å². The van der Waals surface area contributed by atoms with E-state index in [-0.39, 0.29) is 5.91 Å². The van der Waals surface area contributed by atoms with Crippen LogP contribution in [-0.4, -0.2) is 16.1 Å². The van der Waals surface area contributed by atoms with Crippen LogP contribution in [0.15, 0.2) is 35.4 Å². The number of para-hydroxylation sites is 1. The van der Waals surface area contributed by atoms with Crippen molar-refractivity contribution < 1.29 is 4.79 Å². The number of nitrogens with one attached hydrogen (secondary N) is 1. The van der Waals surface area contributed by atoms with Gasteiger partial charge in [0, 0.05) is 5.69 Å². The minimum absolute atomic E-state index is 0.184. The zero-order valence-electron chi connectivity index (χ0n) is 15.9. The highest BCUT2D eigenvalue weighted by atomic mass is 32.2. The largest absolute Gasteiger partial charge is 0.324 e. The monoisotopic (exact) mass is 390 g/mol. The number of nitrogens with zero attached hydrogens (tertiary/aromatic N) is 3. The topological polar surface area (TPSA) is 89.6 Å². The fourth-order valence-electron chi connectivity index (χ4n) is 3.32. The van der Waals surface area contributed by atoms with Crippen LogP contribution in [0.25, 0.3) is 0 Å². The molecular weight excluding hydrogens is 368 g/mol. The molecule has 1 aromatic heterocycles. The van der Waals surface area contributed by atoms with E-state index >= 15 is 0 Å². The molecule has 1 heterocycles. The molecule has 0 fully saturated rings. The molecule has 0 saturated carbocycles. The van der Waals surface area contributed by atoms with E-state index in [9.17, 15) is 15.3 Å². The fourth-order valence-corrected chi connectivity index (χ4v) is 4.32. The van der Waals surface area contributed by atoms with Crippen molar-refractivity contribution in [1.82, 2.24) is 4.98 Å². The van der Waals surface area contributed by atoms with Gasteiger partial charge in [0.05, 0.1) is 22.1 Å². The number of benzene rings is 1. The molecular formula is C22H22N4OS. The van der Waals surface area contributed by atoms with Crippen LogP contribution in [0.5, 0.6) is 0 Å². The van der Waals surface area contributed by atoms with Gasteiger partial charge in [0.2, 0.25) is 5.91 Å². The summed E-state index contributed by atoms with van der Waals surface area (Å²) < 4.78 is 0. The van der Waals surface area contributed by atoms with Gasteiger partial charge in [-0.1, -0.05) is 37.2 Å². The molecule has 142 valence electrons. The average molecular weight is 391 g/mol. The van der Waals surface area contributed by atoms with Crippen molar-refractivity contribution in [2.24, 2.45) is 0 Å². The minimum Gasteiger partial charge on any atom is -0.324 e. The summed E-state index contributed by atoms with van der Waals surface area (Å²) >= 11 is 1.33. The van der Waals surface area contributed by atoms with Crippen molar-refractivity contribution >= 4 is 23.4 Å². The second-order valence-corrected chi connectivity index (χ2v) is 7.97. The third kappa shape index (κ3) is 4.52. The Morgan fingerprint density at radius 2 is 1.93 bits per heavy atom. The van der Waals surface area contributed by atoms with Gasteiger partial charge in [-0.3, -0.25) is 4.79 Å². The number of aromatic nitrogens is 1. The first-order chi connectivity index (χ1) is 13.7. The Morgan fingerprint density at radius 3 is 2.68 bits per heavy atom. The molecule has 1 unspecified atom stereocenters. The number of carbonyl (C=O) groups excluding carboxylic acids is 1. The molecule has 0 spiro atoms. The number of nitriles is 2. The lowest BCUT2D eigenvalue weighted by atomic mass is 10.1. The van der Waals surface area contributed by atoms with E-state index in [1.807, 2.05) is 13.0 Å². The summed E-state index contributed by atoms with van der Waals surface area (Å²) in [5.41, 5.74) is 3.69. The summed E-state index contributed by atoms with van der Waals surface area (Å²) in [4.78, 5) is 17.6. The third-order valence-corrected chi connectivity index (χ3v) is 6.23. The van der Waals surface area contributed by atoms with Gasteiger partial charge in [-0.2, -0.15) is 10.5 Å². The minimum atomic E-state index is -0.393. The molecule has 2 aromatic rings. The quantitative estimate of drug-likeness (QED) is 0.595. The smallest absolute Gasteiger partial charge is 0.237 e. The average Bonchev–Trinajstić information content (AvgIpc) is 2.96. The Morgan fingerprint density at radius 1 is 1.18 bits per heavy atom. The van der Waals surface area contributed by atoms with Crippen molar-refractivity contribution in [3.63, 3.8) is 0 Å². The molecule has 1 aromatic carbocycles. The van der Waals surface area contributed by atoms with Crippen LogP contribution in [0.2, 0.25) is 0 Å². The molecule has 3 rings (SSSR count). The number of aryl methyl sites for hydroxylation is 2. The number of anilines is 1. The number of amides is 1. The Hall–Kier alpha value is -2.83. The maximum atomic E-state index is 12.8. The summed E-state index contributed by atoms with van der Waals surface area (Å²) in [7, 11) is 0. The van der Waals surface area contributed by atoms with E-state index in [1.54, 1.807) is 24.3 Å². The van der Waals surface area contributed by atoms with Crippen LogP contribution in [0.1, 0.15) is 55.0 Å². The molecule has 1 amide bonds. The number of fused-ring (bicyclic) bond motifs is 1. The Balaban J connectivity index is 1.82. The first-order valence-electron chi connectivity index (χ1n) is 9.55. The standard InChI is InChI=1S/C22H22N4OS/c1-2-20(21(27)25-19-11-7-6-9-16(19)13-23)28-22-17(14-24)12-15-8-4-3-5-10-18(15)26-22/h6-7,9,11-12,20H,2-5,8,10H2,1H3,(H,25,27). The van der Waals surface area contributed by atoms with E-state index in [4.69, 9.17) is 4.98 Å². The number of pyridine rings is 1. The first-order valence-corrected chi connectivity index (χ1v) is 10.4. The molecule has 0 aliphatic heterocycles. The van der Waals surface area contributed by atoms with Crippen LogP contribution in [0, 0.1) is 22.7 Å². The molecule has 0 bridgehead atoms. The van der Waals surface area contributed by atoms with E-state index in [0.717, 1.165) is 31.4 Å². The normalized spacial score (nSPS) is 14.1. The van der Waals surface area contributed by atoms with Gasteiger partial charge in [-0.25, -0.2) is 4.98 Å². The van der Waals surface area contributed by atoms with Gasteiger partial charge < -0.3 is 5.32 Å². The van der Waals surface area contributed by atoms with E-state index in [0.29, 0.717) is 28.3 Å². The molecule has 5 nitrogen and oxygen atoms in total. The second-order valence-electron chi connectivity index (χ2n) is 6.78. The molecule has 6 heteroatoms. The van der Waals surface area contributed by atoms with Gasteiger partial charge in [-0.05, 0) is 55.9 Å². The Kier molecular flexibility index (Phi) is 6.68. The lowest BCUT2D eigenvalue weighted by Crippen LogP contribution is -2.25. The zero-order valence-corrected chi connectivity index (χ0v) is 16.7. The third-order valence-electron chi connectivity index (χ3n) is 4.86. The van der Waals surface area contributed by atoms with Crippen molar-refractivity contribution in [1.29, 1.82) is 10.5 Å². The number of hydrogen-bond donors (Lipinski definition) is 1. The van der Waals surface area contributed by atoms with Gasteiger partial charge in [0.15, 0.2) is 0 Å². The second kappa shape index (κ2) is 9.39. The fraction of sp³-hybridized carbons (Fsp3) is 0.364. The summed E-state index contributed by atoms with van der Waals surface area (Å²) in [6.45, 7) is 1.93. The molecule has 0 saturated heterocycles. The number of rotatable bonds is 5. The maximum Gasteiger partial charge on any atom is 0.237 e. The highest BCUT2D eigenvalue weighted by molar-refractivity contribution is 8.00. The molecule has 0 radical (unpaired) electrons. The number of thioether (sulfide) groups is 1. The van der Waals surface area contributed by atoms with Crippen LogP contribution in [0.3, 0.4) is 0 Å². The molecule has 1 aliphatic rings. The summed E-state index contributed by atoms with van der Waals surface area (Å²) in [5, 5.41) is 21.9. The van der Waals surface area contributed by atoms with Crippen molar-refractivity contribution in [2.45, 2.75) is 55.7 Å². The number of carbonyl (C=O) groups is 1. The first kappa shape index (κ1) is 19.9. The lowest BCUT2D eigenvalue weighted by molar-refractivity contribution is -0.115. The predicted octanol–water partition coefficient (Wildman–Crippen LogP) is 4.60. The number of hydrogen-bond acceptors (Lipinski definition) is 5. The molecule has 28 heavy (non-hydrogen) atoms. The summed E-state index contributed by atoms with van der Waals surface area (Å²) in [6, 6.07) is 13.2. The molecule has 1 atom stereocenters. The maximum absolute atomic E-state index is 12.8. The SMILES string of the molecule is CCC(Sc1nc2c(cc1C#N)CCCCC2)C(=O)Nc1ccccc1C#N. The summed E-state index contributed by atoms with van der Waals surface area (Å²) in [5.74, 6) is -0.184. The summed E-state index contributed by atoms with van der Waals surface area (Å²) in [6.07, 6.45) is 5.90. The Labute approximate surface area is 169 Å². The van der Waals surface area contributed by atoms with Crippen molar-refractivity contribution in [3.05, 3.63) is 52.7 Å². The van der Waals surface area contributed by atoms with Gasteiger partial charge in [0.25, 0.3) is 0 Å². The van der Waals surface area contributed by atoms with E-state index < -0.39 is 5.25 Å². The zero-order chi connectivity index (χ0) is 19.9. The highest BCUT2D eigenvalue weighted by Gasteiger charge is 2.23. The van der Waals surface area contributed by atoms with Gasteiger partial charge in [0.1, 0.15) is 17.2 Å². The van der Waals surface area contributed by atoms with Crippen LogP contribution >= 0.6 is 11.8 Å². The van der Waals surface area contributed by atoms with Crippen molar-refractivity contribution in [3.8, 4) is 12.1 Å². The Bertz CT molecular complexity index is 958. The van der Waals surface area contributed by atoms with Crippen molar-refractivity contribution in [2.75, 3.05) is 5.32 Å². The molecule has 1 aliphatic carbocycles. The molecule has 1 N–H and O–H groups in total. The van der Waals surface area contributed by atoms with E-state index in [1.165, 1.54) is 23.7 Å². The van der Waals surface area contributed by atoms with Gasteiger partial charge in [-0.15, -0.1) is 0 Å². The lowest BCUT2D eigenvalue weighted by Gasteiger charge is -2.17.